The summed E-state index contributed by atoms with van der Waals surface area (Å²) in [5.41, 5.74) is 0.0875. The van der Waals surface area contributed by atoms with E-state index in [1.165, 1.54) is 11.3 Å². The molecule has 0 unspecified atom stereocenters. The Balaban J connectivity index is 3.07. The van der Waals surface area contributed by atoms with Crippen molar-refractivity contribution in [2.45, 2.75) is 5.33 Å². The summed E-state index contributed by atoms with van der Waals surface area (Å²) in [4.78, 5) is 14.3. The molecule has 0 saturated carbocycles. The quantitative estimate of drug-likeness (QED) is 0.854. The number of thiazole rings is 1. The number of aromatic nitrogens is 1. The van der Waals surface area contributed by atoms with Crippen molar-refractivity contribution in [1.82, 2.24) is 4.98 Å². The monoisotopic (exact) mass is 299 g/mol. The van der Waals surface area contributed by atoms with Crippen LogP contribution in [-0.2, 0) is 5.33 Å². The highest BCUT2D eigenvalue weighted by atomic mass is 79.9. The van der Waals surface area contributed by atoms with Gasteiger partial charge in [-0.15, -0.1) is 11.3 Å². The highest BCUT2D eigenvalue weighted by Crippen LogP contribution is 2.25. The van der Waals surface area contributed by atoms with Gasteiger partial charge in [-0.3, -0.25) is 0 Å². The predicted molar refractivity (Wildman–Crippen MR) is 49.4 cm³/mol. The van der Waals surface area contributed by atoms with E-state index >= 15 is 0 Å². The van der Waals surface area contributed by atoms with Crippen LogP contribution in [0.5, 0.6) is 0 Å². The zero-order valence-electron chi connectivity index (χ0n) is 5.17. The van der Waals surface area contributed by atoms with Gasteiger partial charge in [0.25, 0.3) is 0 Å². The predicted octanol–water partition coefficient (Wildman–Crippen LogP) is 2.50. The molecule has 60 valence electrons. The molecule has 3 nitrogen and oxygen atoms in total. The molecule has 11 heavy (non-hydrogen) atoms. The number of rotatable bonds is 2. The van der Waals surface area contributed by atoms with Crippen LogP contribution in [0.3, 0.4) is 0 Å². The first-order valence-electron chi connectivity index (χ1n) is 2.59. The fourth-order valence-corrected chi connectivity index (χ4v) is 2.45. The number of hydrogen-bond donors (Lipinski definition) is 1. The molecule has 1 rings (SSSR count). The Hall–Kier alpha value is 0.0600. The molecular weight excluding hydrogens is 298 g/mol. The Bertz CT molecular complexity index is 286. The number of nitrogens with zero attached hydrogens (tertiary/aromatic N) is 1. The largest absolute Gasteiger partial charge is 0.476 e. The maximum atomic E-state index is 10.4. The van der Waals surface area contributed by atoms with Gasteiger partial charge in [0, 0.05) is 0 Å². The summed E-state index contributed by atoms with van der Waals surface area (Å²) in [7, 11) is 0. The molecule has 0 atom stereocenters. The molecular formula is C5H3Br2NO2S. The van der Waals surface area contributed by atoms with Gasteiger partial charge >= 0.3 is 5.97 Å². The van der Waals surface area contributed by atoms with Gasteiger partial charge in [-0.1, -0.05) is 15.9 Å². The van der Waals surface area contributed by atoms with E-state index in [2.05, 4.69) is 36.8 Å². The first kappa shape index (κ1) is 9.15. The second-order valence-corrected chi connectivity index (χ2v) is 4.63. The Morgan fingerprint density at radius 1 is 1.73 bits per heavy atom. The zero-order valence-corrected chi connectivity index (χ0v) is 9.16. The minimum atomic E-state index is -1.000. The van der Waals surface area contributed by atoms with Gasteiger partial charge in [-0.2, -0.15) is 0 Å². The minimum Gasteiger partial charge on any atom is -0.476 e. The van der Waals surface area contributed by atoms with E-state index in [-0.39, 0.29) is 5.69 Å². The molecule has 1 heterocycles. The maximum absolute atomic E-state index is 10.4. The van der Waals surface area contributed by atoms with Crippen LogP contribution >= 0.6 is 43.2 Å². The molecule has 0 bridgehead atoms. The number of halogens is 2. The van der Waals surface area contributed by atoms with Crippen molar-refractivity contribution in [3.63, 3.8) is 0 Å². The lowest BCUT2D eigenvalue weighted by molar-refractivity contribution is 0.0690. The summed E-state index contributed by atoms with van der Waals surface area (Å²) in [6.45, 7) is 0. The molecule has 0 saturated heterocycles. The van der Waals surface area contributed by atoms with E-state index in [0.29, 0.717) is 9.12 Å². The molecule has 1 aromatic heterocycles. The Morgan fingerprint density at radius 3 is 2.64 bits per heavy atom. The van der Waals surface area contributed by atoms with Gasteiger partial charge in [0.1, 0.15) is 8.79 Å². The standard InChI is InChI=1S/C5H3Br2NO2S/c6-1-2-8-3(5(9)10)4(7)11-2/h1H2,(H,9,10). The average molecular weight is 301 g/mol. The third-order valence-electron chi connectivity index (χ3n) is 0.947. The molecule has 0 fully saturated rings. The summed E-state index contributed by atoms with van der Waals surface area (Å²) < 4.78 is 0.569. The molecule has 1 N–H and O–H groups in total. The lowest BCUT2D eigenvalue weighted by Gasteiger charge is -1.83. The topological polar surface area (TPSA) is 50.2 Å². The summed E-state index contributed by atoms with van der Waals surface area (Å²) in [5, 5.41) is 9.92. The third-order valence-corrected chi connectivity index (χ3v) is 3.55. The number of carbonyl (C=O) groups is 1. The van der Waals surface area contributed by atoms with Gasteiger partial charge in [-0.25, -0.2) is 9.78 Å². The van der Waals surface area contributed by atoms with Crippen LogP contribution in [0.15, 0.2) is 3.79 Å². The third kappa shape index (κ3) is 2.00. The van der Waals surface area contributed by atoms with E-state index in [4.69, 9.17) is 5.11 Å². The molecule has 6 heteroatoms. The van der Waals surface area contributed by atoms with E-state index in [0.717, 1.165) is 5.01 Å². The highest BCUT2D eigenvalue weighted by molar-refractivity contribution is 9.11. The lowest BCUT2D eigenvalue weighted by atomic mass is 10.5. The normalized spacial score (nSPS) is 10.0. The van der Waals surface area contributed by atoms with Gasteiger partial charge in [-0.05, 0) is 15.9 Å². The van der Waals surface area contributed by atoms with Gasteiger partial charge in [0.05, 0.1) is 5.33 Å². The minimum absolute atomic E-state index is 0.0875. The van der Waals surface area contributed by atoms with Crippen molar-refractivity contribution in [2.24, 2.45) is 0 Å². The zero-order chi connectivity index (χ0) is 8.43. The Kier molecular flexibility index (Phi) is 3.03. The van der Waals surface area contributed by atoms with Gasteiger partial charge in [0.15, 0.2) is 5.69 Å². The molecule has 0 aliphatic rings. The van der Waals surface area contributed by atoms with E-state index < -0.39 is 5.97 Å². The number of carboxylic acid groups (broad SMARTS) is 1. The van der Waals surface area contributed by atoms with Crippen LogP contribution in [0, 0.1) is 0 Å². The second-order valence-electron chi connectivity index (χ2n) is 1.67. The van der Waals surface area contributed by atoms with Crippen LogP contribution in [-0.4, -0.2) is 16.1 Å². The number of aromatic carboxylic acids is 1. The molecule has 0 aromatic carbocycles. The maximum Gasteiger partial charge on any atom is 0.356 e. The molecule has 0 amide bonds. The highest BCUT2D eigenvalue weighted by Gasteiger charge is 2.13. The van der Waals surface area contributed by atoms with Crippen LogP contribution in [0.2, 0.25) is 0 Å². The molecule has 0 aliphatic carbocycles. The fraction of sp³-hybridized carbons (Fsp3) is 0.200. The van der Waals surface area contributed by atoms with Crippen molar-refractivity contribution in [2.75, 3.05) is 0 Å². The Labute approximate surface area is 83.7 Å². The Morgan fingerprint density at radius 2 is 2.36 bits per heavy atom. The van der Waals surface area contributed by atoms with Crippen molar-refractivity contribution in [3.05, 3.63) is 14.5 Å². The molecule has 0 aliphatic heterocycles. The summed E-state index contributed by atoms with van der Waals surface area (Å²) in [6, 6.07) is 0. The lowest BCUT2D eigenvalue weighted by Crippen LogP contribution is -1.97. The van der Waals surface area contributed by atoms with E-state index in [1.807, 2.05) is 0 Å². The summed E-state index contributed by atoms with van der Waals surface area (Å²) in [6.07, 6.45) is 0. The fourth-order valence-electron chi connectivity index (χ4n) is 0.532. The van der Waals surface area contributed by atoms with Crippen LogP contribution in [0.4, 0.5) is 0 Å². The second kappa shape index (κ2) is 3.64. The van der Waals surface area contributed by atoms with Gasteiger partial charge in [0.2, 0.25) is 0 Å². The first-order chi connectivity index (χ1) is 5.15. The number of carboxylic acids is 1. The smallest absolute Gasteiger partial charge is 0.356 e. The van der Waals surface area contributed by atoms with Crippen LogP contribution in [0.25, 0.3) is 0 Å². The van der Waals surface area contributed by atoms with Crippen molar-refractivity contribution in [1.29, 1.82) is 0 Å². The molecule has 0 spiro atoms. The van der Waals surface area contributed by atoms with E-state index in [9.17, 15) is 4.79 Å². The molecule has 1 aromatic rings. The van der Waals surface area contributed by atoms with Crippen molar-refractivity contribution in [3.8, 4) is 0 Å². The number of alkyl halides is 1. The van der Waals surface area contributed by atoms with Crippen molar-refractivity contribution >= 4 is 49.2 Å². The van der Waals surface area contributed by atoms with Crippen molar-refractivity contribution < 1.29 is 9.90 Å². The van der Waals surface area contributed by atoms with Gasteiger partial charge < -0.3 is 5.11 Å². The van der Waals surface area contributed by atoms with E-state index in [1.54, 1.807) is 0 Å². The number of hydrogen-bond acceptors (Lipinski definition) is 3. The van der Waals surface area contributed by atoms with Crippen LogP contribution in [0.1, 0.15) is 15.5 Å². The first-order valence-corrected chi connectivity index (χ1v) is 5.32. The molecule has 0 radical (unpaired) electrons. The summed E-state index contributed by atoms with van der Waals surface area (Å²) in [5.74, 6) is -1.000. The summed E-state index contributed by atoms with van der Waals surface area (Å²) >= 11 is 7.62. The SMILES string of the molecule is O=C(O)c1nc(CBr)sc1Br. The van der Waals surface area contributed by atoms with Crippen LogP contribution < -0.4 is 0 Å². The average Bonchev–Trinajstić information content (AvgIpc) is 2.30.